The van der Waals surface area contributed by atoms with Gasteiger partial charge in [-0.05, 0) is 73.4 Å². The maximum atomic E-state index is 13.4. The minimum atomic E-state index is -0.471. The summed E-state index contributed by atoms with van der Waals surface area (Å²) in [7, 11) is 0. The summed E-state index contributed by atoms with van der Waals surface area (Å²) >= 11 is 0. The maximum Gasteiger partial charge on any atom is 0.244 e. The van der Waals surface area contributed by atoms with Gasteiger partial charge in [-0.2, -0.15) is 0 Å². The number of furan rings is 1. The quantitative estimate of drug-likeness (QED) is 0.278. The molecule has 3 aromatic rings. The van der Waals surface area contributed by atoms with E-state index in [9.17, 15) is 14.4 Å². The van der Waals surface area contributed by atoms with Crippen LogP contribution < -0.4 is 5.32 Å². The Balaban J connectivity index is 1.34. The van der Waals surface area contributed by atoms with Crippen LogP contribution in [0.15, 0.2) is 47.2 Å². The normalized spacial score (nSPS) is 15.7. The molecule has 2 aliphatic rings. The number of pyridine rings is 1. The fraction of sp³-hybridized carbons (Fsp3) is 0.394. The van der Waals surface area contributed by atoms with E-state index in [0.29, 0.717) is 42.3 Å². The van der Waals surface area contributed by atoms with Crippen LogP contribution >= 0.6 is 0 Å². The average Bonchev–Trinajstić information content (AvgIpc) is 3.26. The number of carbonyl (C=O) groups is 3. The zero-order valence-corrected chi connectivity index (χ0v) is 23.8. The molecule has 208 valence electrons. The highest BCUT2D eigenvalue weighted by molar-refractivity contribution is 6.53. The van der Waals surface area contributed by atoms with Crippen molar-refractivity contribution >= 4 is 23.5 Å². The van der Waals surface area contributed by atoms with Crippen molar-refractivity contribution in [2.45, 2.75) is 65.3 Å². The monoisotopic (exact) mass is 539 g/mol. The Morgan fingerprint density at radius 3 is 2.70 bits per heavy atom. The first-order chi connectivity index (χ1) is 19.2. The smallest absolute Gasteiger partial charge is 0.244 e. The molecule has 7 nitrogen and oxygen atoms in total. The molecule has 2 aromatic heterocycles. The minimum absolute atomic E-state index is 0.0267. The van der Waals surface area contributed by atoms with Crippen LogP contribution in [-0.4, -0.2) is 47.0 Å². The van der Waals surface area contributed by atoms with E-state index in [4.69, 9.17) is 4.42 Å². The van der Waals surface area contributed by atoms with Crippen LogP contribution in [-0.2, 0) is 23.2 Å². The molecule has 40 heavy (non-hydrogen) atoms. The van der Waals surface area contributed by atoms with Crippen LogP contribution in [0.5, 0.6) is 0 Å². The van der Waals surface area contributed by atoms with Gasteiger partial charge in [0.2, 0.25) is 17.5 Å². The Morgan fingerprint density at radius 1 is 1.15 bits per heavy atom. The Hall–Kier alpha value is -3.84. The lowest BCUT2D eigenvalue weighted by Gasteiger charge is -2.34. The van der Waals surface area contributed by atoms with Crippen molar-refractivity contribution in [1.82, 2.24) is 15.2 Å². The maximum absolute atomic E-state index is 13.4. The van der Waals surface area contributed by atoms with Crippen LogP contribution in [0, 0.1) is 6.92 Å². The molecule has 0 radical (unpaired) electrons. The molecule has 2 aliphatic carbocycles. The van der Waals surface area contributed by atoms with E-state index in [0.717, 1.165) is 60.0 Å². The van der Waals surface area contributed by atoms with Gasteiger partial charge < -0.3 is 9.73 Å². The van der Waals surface area contributed by atoms with E-state index in [1.165, 1.54) is 6.08 Å². The minimum Gasteiger partial charge on any atom is -0.459 e. The zero-order valence-electron chi connectivity index (χ0n) is 23.8. The van der Waals surface area contributed by atoms with Gasteiger partial charge in [0.05, 0.1) is 12.1 Å². The topological polar surface area (TPSA) is 92.5 Å². The Morgan fingerprint density at radius 2 is 1.95 bits per heavy atom. The summed E-state index contributed by atoms with van der Waals surface area (Å²) in [5, 5.41) is 2.94. The molecule has 0 spiro atoms. The standard InChI is InChI=1S/C33H37N3O4/c1-5-17-36(18-16-35-27(37)13-10-22-8-7-15-34-19-22)20-26-21(2)28-30(38)31(39)29-23-9-6-14-33(3,4)25(23)12-11-24(29)32(28)40-26/h7-8,10-13,15,19H,5-6,9,14,16-18,20H2,1-4H3,(H,35,37)/b13-10+. The number of ketones is 2. The van der Waals surface area contributed by atoms with Gasteiger partial charge in [-0.3, -0.25) is 24.3 Å². The zero-order chi connectivity index (χ0) is 28.4. The molecular formula is C33H37N3O4. The number of aromatic nitrogens is 1. The highest BCUT2D eigenvalue weighted by atomic mass is 16.3. The van der Waals surface area contributed by atoms with Crippen LogP contribution in [0.1, 0.15) is 88.8 Å². The number of hydrogen-bond acceptors (Lipinski definition) is 6. The van der Waals surface area contributed by atoms with Crippen LogP contribution in [0.25, 0.3) is 17.4 Å². The number of carbonyl (C=O) groups excluding carboxylic acids is 3. The third-order valence-corrected chi connectivity index (χ3v) is 8.17. The third-order valence-electron chi connectivity index (χ3n) is 8.17. The fourth-order valence-electron chi connectivity index (χ4n) is 6.07. The second kappa shape index (κ2) is 11.3. The van der Waals surface area contributed by atoms with E-state index in [-0.39, 0.29) is 11.3 Å². The third kappa shape index (κ3) is 5.30. The van der Waals surface area contributed by atoms with Crippen molar-refractivity contribution in [2.75, 3.05) is 19.6 Å². The number of rotatable bonds is 9. The first-order valence-corrected chi connectivity index (χ1v) is 14.2. The van der Waals surface area contributed by atoms with Crippen LogP contribution in [0.2, 0.25) is 0 Å². The second-order valence-corrected chi connectivity index (χ2v) is 11.5. The molecule has 1 N–H and O–H groups in total. The van der Waals surface area contributed by atoms with Crippen molar-refractivity contribution < 1.29 is 18.8 Å². The van der Waals surface area contributed by atoms with Gasteiger partial charge in [0, 0.05) is 48.2 Å². The SMILES string of the molecule is CCCN(CCNC(=O)/C=C/c1cccnc1)Cc1oc2c(c1C)C(=O)C(=O)c1c-2ccc2c1CCCC2(C)C. The summed E-state index contributed by atoms with van der Waals surface area (Å²) < 4.78 is 6.40. The summed E-state index contributed by atoms with van der Waals surface area (Å²) in [6.45, 7) is 10.8. The van der Waals surface area contributed by atoms with Gasteiger partial charge in [0.15, 0.2) is 0 Å². The van der Waals surface area contributed by atoms with Gasteiger partial charge in [-0.15, -0.1) is 0 Å². The molecule has 0 bridgehead atoms. The van der Waals surface area contributed by atoms with E-state index in [1.807, 2.05) is 25.1 Å². The number of Topliss-reactive ketones (excluding diaryl/α,β-unsaturated/α-hetero) is 2. The van der Waals surface area contributed by atoms with Crippen molar-refractivity contribution in [3.05, 3.63) is 81.9 Å². The van der Waals surface area contributed by atoms with Gasteiger partial charge in [0.25, 0.3) is 0 Å². The summed E-state index contributed by atoms with van der Waals surface area (Å²) in [5.74, 6) is 0.149. The lowest BCUT2D eigenvalue weighted by atomic mass is 9.69. The van der Waals surface area contributed by atoms with Crippen molar-refractivity contribution in [3.63, 3.8) is 0 Å². The van der Waals surface area contributed by atoms with Crippen molar-refractivity contribution in [1.29, 1.82) is 0 Å². The first kappa shape index (κ1) is 27.7. The van der Waals surface area contributed by atoms with Crippen molar-refractivity contribution in [2.24, 2.45) is 0 Å². The Labute approximate surface area is 235 Å². The largest absolute Gasteiger partial charge is 0.459 e. The molecule has 5 rings (SSSR count). The summed E-state index contributed by atoms with van der Waals surface area (Å²) in [6.07, 6.45) is 10.4. The number of benzene rings is 1. The van der Waals surface area contributed by atoms with Gasteiger partial charge >= 0.3 is 0 Å². The van der Waals surface area contributed by atoms with E-state index < -0.39 is 11.6 Å². The van der Waals surface area contributed by atoms with E-state index in [2.05, 4.69) is 42.0 Å². The van der Waals surface area contributed by atoms with Gasteiger partial charge in [-0.1, -0.05) is 39.0 Å². The lowest BCUT2D eigenvalue weighted by molar-refractivity contribution is -0.116. The molecule has 0 unspecified atom stereocenters. The number of amides is 1. The van der Waals surface area contributed by atoms with Crippen LogP contribution in [0.3, 0.4) is 0 Å². The highest BCUT2D eigenvalue weighted by Gasteiger charge is 2.40. The lowest BCUT2D eigenvalue weighted by Crippen LogP contribution is -2.34. The molecule has 0 saturated carbocycles. The molecule has 0 aliphatic heterocycles. The van der Waals surface area contributed by atoms with Gasteiger partial charge in [0.1, 0.15) is 11.5 Å². The first-order valence-electron chi connectivity index (χ1n) is 14.2. The molecular weight excluding hydrogens is 502 g/mol. The molecule has 0 saturated heterocycles. The van der Waals surface area contributed by atoms with E-state index >= 15 is 0 Å². The summed E-state index contributed by atoms with van der Waals surface area (Å²) in [4.78, 5) is 45.4. The van der Waals surface area contributed by atoms with Gasteiger partial charge in [-0.25, -0.2) is 0 Å². The predicted molar refractivity (Wildman–Crippen MR) is 155 cm³/mol. The molecule has 2 heterocycles. The number of hydrogen-bond donors (Lipinski definition) is 1. The average molecular weight is 540 g/mol. The van der Waals surface area contributed by atoms with Crippen LogP contribution in [0.4, 0.5) is 0 Å². The number of fused-ring (bicyclic) bond motifs is 5. The number of nitrogens with one attached hydrogen (secondary N) is 1. The predicted octanol–water partition coefficient (Wildman–Crippen LogP) is 5.68. The molecule has 7 heteroatoms. The highest BCUT2D eigenvalue weighted by Crippen LogP contribution is 2.45. The molecule has 1 amide bonds. The van der Waals surface area contributed by atoms with E-state index in [1.54, 1.807) is 18.5 Å². The number of nitrogens with zero attached hydrogens (tertiary/aromatic N) is 2. The molecule has 0 atom stereocenters. The summed E-state index contributed by atoms with van der Waals surface area (Å²) in [5.41, 5.74) is 5.40. The Kier molecular flexibility index (Phi) is 7.86. The molecule has 1 aromatic carbocycles. The summed E-state index contributed by atoms with van der Waals surface area (Å²) in [6, 6.07) is 7.80. The fourth-order valence-corrected chi connectivity index (χ4v) is 6.07. The second-order valence-electron chi connectivity index (χ2n) is 11.5. The Bertz CT molecular complexity index is 1480. The molecule has 0 fully saturated rings. The van der Waals surface area contributed by atoms with Crippen molar-refractivity contribution in [3.8, 4) is 11.3 Å².